The van der Waals surface area contributed by atoms with Gasteiger partial charge in [0.05, 0.1) is 0 Å². The summed E-state index contributed by atoms with van der Waals surface area (Å²) in [6.45, 7) is 4.41. The van der Waals surface area contributed by atoms with E-state index in [-0.39, 0.29) is 0 Å². The summed E-state index contributed by atoms with van der Waals surface area (Å²) in [7, 11) is 0. The van der Waals surface area contributed by atoms with E-state index in [9.17, 15) is 0 Å². The van der Waals surface area contributed by atoms with Crippen molar-refractivity contribution in [3.63, 3.8) is 0 Å². The smallest absolute Gasteiger partial charge is 0.0401 e. The topological polar surface area (TPSA) is 29.3 Å². The summed E-state index contributed by atoms with van der Waals surface area (Å²) in [4.78, 5) is 2.69. The lowest BCUT2D eigenvalue weighted by molar-refractivity contribution is 0.225. The maximum Gasteiger partial charge on any atom is 0.0401 e. The molecule has 3 rings (SSSR count). The highest BCUT2D eigenvalue weighted by molar-refractivity contribution is 5.56. The zero-order valence-corrected chi connectivity index (χ0v) is 12.7. The second kappa shape index (κ2) is 6.17. The van der Waals surface area contributed by atoms with Gasteiger partial charge >= 0.3 is 0 Å². The van der Waals surface area contributed by atoms with Gasteiger partial charge in [0.15, 0.2) is 0 Å². The molecular weight excluding hydrogens is 244 g/mol. The molecule has 3 unspecified atom stereocenters. The molecular formula is C18H28N2. The van der Waals surface area contributed by atoms with Crippen LogP contribution < -0.4 is 10.6 Å². The Bertz CT molecular complexity index is 443. The van der Waals surface area contributed by atoms with E-state index >= 15 is 0 Å². The maximum absolute atomic E-state index is 6.08. The summed E-state index contributed by atoms with van der Waals surface area (Å²) in [5.74, 6) is 1.58. The molecule has 0 spiro atoms. The molecule has 2 aliphatic rings. The van der Waals surface area contributed by atoms with E-state index in [4.69, 9.17) is 5.73 Å². The zero-order valence-electron chi connectivity index (χ0n) is 12.7. The first-order valence-electron chi connectivity index (χ1n) is 8.38. The fraction of sp³-hybridized carbons (Fsp3) is 0.667. The van der Waals surface area contributed by atoms with Gasteiger partial charge in [-0.2, -0.15) is 0 Å². The minimum absolute atomic E-state index is 0.667. The van der Waals surface area contributed by atoms with Crippen LogP contribution in [0.3, 0.4) is 0 Å². The Hall–Kier alpha value is -1.02. The number of nitrogens with two attached hydrogens (primary N) is 1. The quantitative estimate of drug-likeness (QED) is 0.911. The van der Waals surface area contributed by atoms with Crippen molar-refractivity contribution in [3.05, 3.63) is 29.8 Å². The minimum Gasteiger partial charge on any atom is -0.368 e. The largest absolute Gasteiger partial charge is 0.368 e. The van der Waals surface area contributed by atoms with Crippen molar-refractivity contribution in [1.82, 2.24) is 0 Å². The summed E-state index contributed by atoms with van der Waals surface area (Å²) < 4.78 is 0. The predicted molar refractivity (Wildman–Crippen MR) is 86.1 cm³/mol. The average molecular weight is 272 g/mol. The van der Waals surface area contributed by atoms with E-state index in [0.717, 1.165) is 12.5 Å². The Kier molecular flexibility index (Phi) is 4.30. The average Bonchev–Trinajstić information content (AvgIpc) is 2.53. The van der Waals surface area contributed by atoms with E-state index in [1.54, 1.807) is 0 Å². The molecule has 0 bridgehead atoms. The van der Waals surface area contributed by atoms with Crippen molar-refractivity contribution in [2.75, 3.05) is 18.0 Å². The number of hydrogen-bond acceptors (Lipinski definition) is 2. The van der Waals surface area contributed by atoms with Crippen molar-refractivity contribution in [3.8, 4) is 0 Å². The van der Waals surface area contributed by atoms with E-state index in [1.165, 1.54) is 56.3 Å². The van der Waals surface area contributed by atoms with Crippen LogP contribution in [-0.4, -0.2) is 19.1 Å². The van der Waals surface area contributed by atoms with Crippen molar-refractivity contribution >= 4 is 5.69 Å². The molecule has 1 fully saturated rings. The van der Waals surface area contributed by atoms with E-state index in [1.807, 2.05) is 0 Å². The van der Waals surface area contributed by atoms with Crippen LogP contribution in [0, 0.1) is 11.8 Å². The molecule has 0 aromatic heterocycles. The predicted octanol–water partition coefficient (Wildman–Crippen LogP) is 3.59. The van der Waals surface area contributed by atoms with E-state index < -0.39 is 0 Å². The van der Waals surface area contributed by atoms with Crippen molar-refractivity contribution in [2.24, 2.45) is 17.6 Å². The number of benzene rings is 1. The molecule has 1 heterocycles. The number of fused-ring (bicyclic) bond motifs is 1. The first kappa shape index (κ1) is 13.9. The van der Waals surface area contributed by atoms with Gasteiger partial charge < -0.3 is 10.6 Å². The molecule has 110 valence electrons. The molecule has 2 N–H and O–H groups in total. The molecule has 20 heavy (non-hydrogen) atoms. The van der Waals surface area contributed by atoms with Gasteiger partial charge in [-0.25, -0.2) is 0 Å². The van der Waals surface area contributed by atoms with Gasteiger partial charge in [0.1, 0.15) is 0 Å². The highest BCUT2D eigenvalue weighted by Gasteiger charge is 2.34. The van der Waals surface area contributed by atoms with Gasteiger partial charge in [-0.3, -0.25) is 0 Å². The summed E-state index contributed by atoms with van der Waals surface area (Å²) in [5, 5.41) is 0. The number of rotatable bonds is 3. The second-order valence-electron chi connectivity index (χ2n) is 6.58. The van der Waals surface area contributed by atoms with Gasteiger partial charge in [0.25, 0.3) is 0 Å². The lowest BCUT2D eigenvalue weighted by Crippen LogP contribution is -2.49. The van der Waals surface area contributed by atoms with Crippen LogP contribution in [0.4, 0.5) is 5.69 Å². The van der Waals surface area contributed by atoms with Crippen LogP contribution in [0.2, 0.25) is 0 Å². The van der Waals surface area contributed by atoms with Gasteiger partial charge in [-0.1, -0.05) is 31.5 Å². The normalized spacial score (nSPS) is 30.1. The van der Waals surface area contributed by atoms with Crippen molar-refractivity contribution < 1.29 is 0 Å². The fourth-order valence-electron chi connectivity index (χ4n) is 4.23. The van der Waals surface area contributed by atoms with Crippen LogP contribution in [-0.2, 0) is 6.42 Å². The van der Waals surface area contributed by atoms with E-state index in [2.05, 4.69) is 36.1 Å². The van der Waals surface area contributed by atoms with Gasteiger partial charge in [0, 0.05) is 18.3 Å². The Morgan fingerprint density at radius 2 is 2.10 bits per heavy atom. The monoisotopic (exact) mass is 272 g/mol. The number of para-hydroxylation sites is 1. The number of anilines is 1. The standard InChI is InChI=1S/C18H28N2/c1-2-14-9-10-16(13-19)18(12-14)20-11-5-7-15-6-3-4-8-17(15)20/h3-4,6,8,14,16,18H,2,5,7,9-13,19H2,1H3. The minimum atomic E-state index is 0.667. The summed E-state index contributed by atoms with van der Waals surface area (Å²) in [6, 6.07) is 9.66. The lowest BCUT2D eigenvalue weighted by atomic mass is 9.76. The third-order valence-corrected chi connectivity index (χ3v) is 5.49. The third-order valence-electron chi connectivity index (χ3n) is 5.49. The first-order valence-corrected chi connectivity index (χ1v) is 8.38. The maximum atomic E-state index is 6.08. The Morgan fingerprint density at radius 1 is 1.25 bits per heavy atom. The molecule has 1 aromatic carbocycles. The van der Waals surface area contributed by atoms with Gasteiger partial charge in [-0.15, -0.1) is 0 Å². The zero-order chi connectivity index (χ0) is 13.9. The second-order valence-corrected chi connectivity index (χ2v) is 6.58. The van der Waals surface area contributed by atoms with Crippen LogP contribution in [0.5, 0.6) is 0 Å². The molecule has 1 aliphatic heterocycles. The molecule has 0 saturated heterocycles. The highest BCUT2D eigenvalue weighted by atomic mass is 15.2. The molecule has 1 saturated carbocycles. The Balaban J connectivity index is 1.86. The van der Waals surface area contributed by atoms with Gasteiger partial charge in [0.2, 0.25) is 0 Å². The molecule has 2 nitrogen and oxygen atoms in total. The first-order chi connectivity index (χ1) is 9.83. The van der Waals surface area contributed by atoms with Crippen LogP contribution in [0.1, 0.15) is 44.6 Å². The number of hydrogen-bond donors (Lipinski definition) is 1. The van der Waals surface area contributed by atoms with Crippen LogP contribution >= 0.6 is 0 Å². The molecule has 2 heteroatoms. The van der Waals surface area contributed by atoms with Crippen LogP contribution in [0.15, 0.2) is 24.3 Å². The molecule has 3 atom stereocenters. The highest BCUT2D eigenvalue weighted by Crippen LogP contribution is 2.38. The lowest BCUT2D eigenvalue weighted by Gasteiger charge is -2.46. The van der Waals surface area contributed by atoms with Gasteiger partial charge in [-0.05, 0) is 62.1 Å². The fourth-order valence-corrected chi connectivity index (χ4v) is 4.23. The molecule has 0 radical (unpaired) electrons. The van der Waals surface area contributed by atoms with Crippen LogP contribution in [0.25, 0.3) is 0 Å². The SMILES string of the molecule is CCC1CCC(CN)C(N2CCCc3ccccc32)C1. The summed E-state index contributed by atoms with van der Waals surface area (Å²) >= 11 is 0. The number of aryl methyl sites for hydroxylation is 1. The third kappa shape index (κ3) is 2.58. The van der Waals surface area contributed by atoms with E-state index in [0.29, 0.717) is 12.0 Å². The Morgan fingerprint density at radius 3 is 2.90 bits per heavy atom. The van der Waals surface area contributed by atoms with Crippen molar-refractivity contribution in [2.45, 2.75) is 51.5 Å². The Labute approximate surface area is 123 Å². The summed E-state index contributed by atoms with van der Waals surface area (Å²) in [6.07, 6.45) is 7.89. The number of nitrogens with zero attached hydrogens (tertiary/aromatic N) is 1. The van der Waals surface area contributed by atoms with Crippen molar-refractivity contribution in [1.29, 1.82) is 0 Å². The molecule has 1 aromatic rings. The molecule has 1 aliphatic carbocycles. The molecule has 0 amide bonds. The summed E-state index contributed by atoms with van der Waals surface area (Å²) in [5.41, 5.74) is 9.10.